The monoisotopic (exact) mass is 388 g/mol. The van der Waals surface area contributed by atoms with Crippen LogP contribution in [0.15, 0.2) is 40.2 Å². The van der Waals surface area contributed by atoms with Gasteiger partial charge in [-0.1, -0.05) is 35.0 Å². The fourth-order valence-corrected chi connectivity index (χ4v) is 3.60. The molecule has 1 aromatic heterocycles. The van der Waals surface area contributed by atoms with Crippen molar-refractivity contribution in [2.75, 3.05) is 6.61 Å². The summed E-state index contributed by atoms with van der Waals surface area (Å²) in [5.41, 5.74) is 1.23. The van der Waals surface area contributed by atoms with E-state index in [0.717, 1.165) is 23.2 Å². The molecule has 1 nitrogen and oxygen atoms in total. The highest BCUT2D eigenvalue weighted by Crippen LogP contribution is 2.37. The third-order valence-electron chi connectivity index (χ3n) is 2.50. The lowest BCUT2D eigenvalue weighted by atomic mass is 10.1. The van der Waals surface area contributed by atoms with Gasteiger partial charge < -0.3 is 4.74 Å². The quantitative estimate of drug-likeness (QED) is 0.588. The lowest BCUT2D eigenvalue weighted by Crippen LogP contribution is -1.97. The van der Waals surface area contributed by atoms with Crippen LogP contribution in [-0.2, 0) is 0 Å². The summed E-state index contributed by atoms with van der Waals surface area (Å²) in [5, 5.41) is 2.09. The number of benzene rings is 1. The number of alkyl halides is 1. The summed E-state index contributed by atoms with van der Waals surface area (Å²) < 4.78 is 6.66. The van der Waals surface area contributed by atoms with E-state index in [9.17, 15) is 0 Å². The molecule has 0 aliphatic carbocycles. The van der Waals surface area contributed by atoms with Gasteiger partial charge in [-0.2, -0.15) is 0 Å². The summed E-state index contributed by atoms with van der Waals surface area (Å²) in [7, 11) is 0. The van der Waals surface area contributed by atoms with Crippen LogP contribution in [0.1, 0.15) is 28.6 Å². The first-order valence-electron chi connectivity index (χ1n) is 5.82. The fourth-order valence-electron chi connectivity index (χ4n) is 1.60. The van der Waals surface area contributed by atoms with Gasteiger partial charge in [-0.25, -0.2) is 0 Å². The molecule has 1 atom stereocenters. The fraction of sp³-hybridized carbons (Fsp3) is 0.286. The van der Waals surface area contributed by atoms with Gasteiger partial charge in [0.25, 0.3) is 0 Å². The van der Waals surface area contributed by atoms with Crippen molar-refractivity contribution in [1.29, 1.82) is 0 Å². The van der Waals surface area contributed by atoms with Crippen LogP contribution < -0.4 is 4.74 Å². The smallest absolute Gasteiger partial charge is 0.133 e. The molecule has 4 heteroatoms. The average molecular weight is 390 g/mol. The van der Waals surface area contributed by atoms with Crippen LogP contribution in [0.4, 0.5) is 0 Å². The SMILES string of the molecule is CCCOc1ccc(C(Br)c2cccs2)cc1Br. The van der Waals surface area contributed by atoms with Crippen LogP contribution >= 0.6 is 43.2 Å². The van der Waals surface area contributed by atoms with Crippen LogP contribution in [0.3, 0.4) is 0 Å². The summed E-state index contributed by atoms with van der Waals surface area (Å²) in [5.74, 6) is 0.909. The van der Waals surface area contributed by atoms with Crippen molar-refractivity contribution in [1.82, 2.24) is 0 Å². The molecule has 2 rings (SSSR count). The lowest BCUT2D eigenvalue weighted by molar-refractivity contribution is 0.315. The molecular weight excluding hydrogens is 376 g/mol. The van der Waals surface area contributed by atoms with Crippen LogP contribution in [0, 0.1) is 0 Å². The van der Waals surface area contributed by atoms with Gasteiger partial charge in [-0.3, -0.25) is 0 Å². The summed E-state index contributed by atoms with van der Waals surface area (Å²) >= 11 is 9.06. The lowest BCUT2D eigenvalue weighted by Gasteiger charge is -2.12. The van der Waals surface area contributed by atoms with Crippen LogP contribution in [-0.4, -0.2) is 6.61 Å². The molecule has 0 spiro atoms. The van der Waals surface area contributed by atoms with E-state index in [4.69, 9.17) is 4.74 Å². The molecule has 1 aromatic carbocycles. The summed E-state index contributed by atoms with van der Waals surface area (Å²) in [4.78, 5) is 1.55. The molecule has 0 fully saturated rings. The van der Waals surface area contributed by atoms with Crippen molar-refractivity contribution in [3.63, 3.8) is 0 Å². The Labute approximate surface area is 128 Å². The maximum Gasteiger partial charge on any atom is 0.133 e. The van der Waals surface area contributed by atoms with E-state index >= 15 is 0 Å². The second-order valence-electron chi connectivity index (χ2n) is 3.92. The molecule has 0 amide bonds. The van der Waals surface area contributed by atoms with Gasteiger partial charge in [0.1, 0.15) is 5.75 Å². The number of ether oxygens (including phenoxy) is 1. The Morgan fingerprint density at radius 3 is 2.78 bits per heavy atom. The third kappa shape index (κ3) is 3.37. The van der Waals surface area contributed by atoms with Crippen molar-refractivity contribution in [3.05, 3.63) is 50.6 Å². The van der Waals surface area contributed by atoms with E-state index in [2.05, 4.69) is 68.4 Å². The zero-order chi connectivity index (χ0) is 13.0. The summed E-state index contributed by atoms with van der Waals surface area (Å²) in [6.45, 7) is 2.86. The number of hydrogen-bond donors (Lipinski definition) is 0. The molecule has 2 aromatic rings. The van der Waals surface area contributed by atoms with E-state index < -0.39 is 0 Å². The van der Waals surface area contributed by atoms with E-state index in [1.54, 1.807) is 11.3 Å². The first-order valence-corrected chi connectivity index (χ1v) is 8.41. The first-order chi connectivity index (χ1) is 8.72. The molecule has 0 bridgehead atoms. The molecule has 18 heavy (non-hydrogen) atoms. The maximum absolute atomic E-state index is 5.65. The minimum atomic E-state index is 0.244. The predicted molar refractivity (Wildman–Crippen MR) is 85.0 cm³/mol. The number of thiophene rings is 1. The van der Waals surface area contributed by atoms with Gasteiger partial charge >= 0.3 is 0 Å². The molecule has 0 radical (unpaired) electrons. The molecular formula is C14H14Br2OS. The first kappa shape index (κ1) is 14.1. The van der Waals surface area contributed by atoms with Crippen LogP contribution in [0.2, 0.25) is 0 Å². The number of rotatable bonds is 5. The second-order valence-corrected chi connectivity index (χ2v) is 6.67. The van der Waals surface area contributed by atoms with E-state index in [1.165, 1.54) is 10.4 Å². The Morgan fingerprint density at radius 2 is 2.17 bits per heavy atom. The van der Waals surface area contributed by atoms with Gasteiger partial charge in [-0.05, 0) is 51.5 Å². The maximum atomic E-state index is 5.65. The molecule has 1 unspecified atom stereocenters. The molecule has 0 N–H and O–H groups in total. The number of hydrogen-bond acceptors (Lipinski definition) is 2. The zero-order valence-corrected chi connectivity index (χ0v) is 14.0. The van der Waals surface area contributed by atoms with Crippen molar-refractivity contribution in [3.8, 4) is 5.75 Å². The Morgan fingerprint density at radius 1 is 1.33 bits per heavy atom. The average Bonchev–Trinajstić information content (AvgIpc) is 2.90. The Balaban J connectivity index is 2.18. The van der Waals surface area contributed by atoms with Crippen LogP contribution in [0.5, 0.6) is 5.75 Å². The molecule has 0 saturated heterocycles. The van der Waals surface area contributed by atoms with Gasteiger partial charge in [0.15, 0.2) is 0 Å². The van der Waals surface area contributed by atoms with Gasteiger partial charge in [-0.15, -0.1) is 11.3 Å². The molecule has 1 heterocycles. The highest BCUT2D eigenvalue weighted by molar-refractivity contribution is 9.10. The molecule has 0 aliphatic rings. The van der Waals surface area contributed by atoms with Crippen molar-refractivity contribution in [2.45, 2.75) is 18.2 Å². The van der Waals surface area contributed by atoms with E-state index in [0.29, 0.717) is 0 Å². The minimum absolute atomic E-state index is 0.244. The summed E-state index contributed by atoms with van der Waals surface area (Å²) in [6.07, 6.45) is 1.02. The highest BCUT2D eigenvalue weighted by atomic mass is 79.9. The highest BCUT2D eigenvalue weighted by Gasteiger charge is 2.13. The third-order valence-corrected chi connectivity index (χ3v) is 5.39. The van der Waals surface area contributed by atoms with E-state index in [-0.39, 0.29) is 4.83 Å². The predicted octanol–water partition coefficient (Wildman–Crippen LogP) is 5.78. The van der Waals surface area contributed by atoms with E-state index in [1.807, 2.05) is 6.07 Å². The normalized spacial score (nSPS) is 12.4. The van der Waals surface area contributed by atoms with Crippen molar-refractivity contribution in [2.24, 2.45) is 0 Å². The molecule has 0 saturated carbocycles. The van der Waals surface area contributed by atoms with Gasteiger partial charge in [0.2, 0.25) is 0 Å². The standard InChI is InChI=1S/C14H14Br2OS/c1-2-7-17-12-6-5-10(9-11(12)15)14(16)13-4-3-8-18-13/h3-6,8-9,14H,2,7H2,1H3. The Bertz CT molecular complexity index is 497. The topological polar surface area (TPSA) is 9.23 Å². The summed E-state index contributed by atoms with van der Waals surface area (Å²) in [6, 6.07) is 10.5. The zero-order valence-electron chi connectivity index (χ0n) is 10.0. The van der Waals surface area contributed by atoms with Crippen LogP contribution in [0.25, 0.3) is 0 Å². The van der Waals surface area contributed by atoms with Crippen molar-refractivity contribution < 1.29 is 4.74 Å². The Hall–Kier alpha value is -0.320. The molecule has 0 aliphatic heterocycles. The minimum Gasteiger partial charge on any atom is -0.492 e. The van der Waals surface area contributed by atoms with Crippen molar-refractivity contribution >= 4 is 43.2 Å². The van der Waals surface area contributed by atoms with Gasteiger partial charge in [0, 0.05) is 4.88 Å². The largest absolute Gasteiger partial charge is 0.492 e. The Kier molecular flexibility index (Phi) is 5.27. The molecule has 96 valence electrons. The number of halogens is 2. The second kappa shape index (κ2) is 6.73. The van der Waals surface area contributed by atoms with Gasteiger partial charge in [0.05, 0.1) is 15.9 Å².